The third-order valence-electron chi connectivity index (χ3n) is 3.76. The lowest BCUT2D eigenvalue weighted by molar-refractivity contribution is 0.194. The zero-order valence-corrected chi connectivity index (χ0v) is 12.9. The van der Waals surface area contributed by atoms with Crippen molar-refractivity contribution in [1.29, 1.82) is 0 Å². The van der Waals surface area contributed by atoms with Gasteiger partial charge in [-0.1, -0.05) is 12.1 Å². The van der Waals surface area contributed by atoms with Gasteiger partial charge in [0.25, 0.3) is 0 Å². The second-order valence-corrected chi connectivity index (χ2v) is 7.64. The number of nitrogens with one attached hydrogen (secondary N) is 1. The fourth-order valence-electron chi connectivity index (χ4n) is 2.30. The van der Waals surface area contributed by atoms with Crippen molar-refractivity contribution in [2.45, 2.75) is 25.9 Å². The minimum absolute atomic E-state index is 0.01000. The molecule has 1 aromatic carbocycles. The first kappa shape index (κ1) is 15.8. The lowest BCUT2D eigenvalue weighted by Gasteiger charge is -2.23. The molecule has 1 saturated heterocycles. The van der Waals surface area contributed by atoms with Crippen LogP contribution in [0.5, 0.6) is 0 Å². The first-order valence-corrected chi connectivity index (χ1v) is 8.57. The number of halogens is 1. The minimum atomic E-state index is -3.02. The maximum Gasteiger partial charge on any atom is 0.317 e. The predicted molar refractivity (Wildman–Crippen MR) is 78.2 cm³/mol. The van der Waals surface area contributed by atoms with Gasteiger partial charge in [-0.3, -0.25) is 0 Å². The summed E-state index contributed by atoms with van der Waals surface area (Å²) in [5.41, 5.74) is 1.22. The molecule has 1 atom stereocenters. The quantitative estimate of drug-likeness (QED) is 0.918. The summed E-state index contributed by atoms with van der Waals surface area (Å²) < 4.78 is 36.2. The number of carbonyl (C=O) groups is 1. The fourth-order valence-corrected chi connectivity index (χ4v) is 4.07. The molecule has 1 aromatic rings. The van der Waals surface area contributed by atoms with E-state index in [0.717, 1.165) is 0 Å². The number of benzene rings is 1. The largest absolute Gasteiger partial charge is 0.334 e. The highest BCUT2D eigenvalue weighted by atomic mass is 32.2. The Morgan fingerprint density at radius 2 is 2.19 bits per heavy atom. The van der Waals surface area contributed by atoms with Crippen LogP contribution in [-0.2, 0) is 16.4 Å². The van der Waals surface area contributed by atoms with Gasteiger partial charge in [-0.05, 0) is 30.5 Å². The molecule has 0 radical (unpaired) electrons. The van der Waals surface area contributed by atoms with Crippen LogP contribution in [0.3, 0.4) is 0 Å². The molecule has 21 heavy (non-hydrogen) atoms. The molecule has 7 heteroatoms. The molecular weight excluding hydrogens is 295 g/mol. The molecule has 0 saturated carbocycles. The Labute approximate surface area is 124 Å². The Balaban J connectivity index is 1.91. The van der Waals surface area contributed by atoms with E-state index in [0.29, 0.717) is 17.5 Å². The summed E-state index contributed by atoms with van der Waals surface area (Å²) in [5.74, 6) is -0.175. The Morgan fingerprint density at radius 3 is 2.76 bits per heavy atom. The van der Waals surface area contributed by atoms with E-state index in [1.165, 1.54) is 11.0 Å². The highest BCUT2D eigenvalue weighted by Gasteiger charge is 2.32. The van der Waals surface area contributed by atoms with Gasteiger partial charge < -0.3 is 10.2 Å². The van der Waals surface area contributed by atoms with Crippen LogP contribution >= 0.6 is 0 Å². The minimum Gasteiger partial charge on any atom is -0.334 e. The van der Waals surface area contributed by atoms with Gasteiger partial charge in [-0.15, -0.1) is 0 Å². The normalized spacial score (nSPS) is 20.2. The summed E-state index contributed by atoms with van der Waals surface area (Å²) in [5, 5.41) is 2.68. The predicted octanol–water partition coefficient (Wildman–Crippen LogP) is 1.46. The fraction of sp³-hybridized carbons (Fsp3) is 0.500. The lowest BCUT2D eigenvalue weighted by atomic mass is 10.1. The van der Waals surface area contributed by atoms with Gasteiger partial charge in [0, 0.05) is 19.6 Å². The summed E-state index contributed by atoms with van der Waals surface area (Å²) in [6.45, 7) is 1.88. The van der Waals surface area contributed by atoms with Crippen LogP contribution < -0.4 is 5.32 Å². The van der Waals surface area contributed by atoms with E-state index in [1.54, 1.807) is 26.1 Å². The zero-order valence-electron chi connectivity index (χ0n) is 12.1. The molecule has 0 spiro atoms. The van der Waals surface area contributed by atoms with Crippen molar-refractivity contribution in [2.75, 3.05) is 18.6 Å². The SMILES string of the molecule is Cc1ccc(CNC(=O)N(C)C2CCS(=O)(=O)C2)cc1F. The van der Waals surface area contributed by atoms with Crippen molar-refractivity contribution in [3.63, 3.8) is 0 Å². The van der Waals surface area contributed by atoms with E-state index < -0.39 is 9.84 Å². The summed E-state index contributed by atoms with van der Waals surface area (Å²) in [7, 11) is -1.44. The van der Waals surface area contributed by atoms with Gasteiger partial charge in [-0.25, -0.2) is 17.6 Å². The molecule has 1 aliphatic rings. The summed E-state index contributed by atoms with van der Waals surface area (Å²) in [4.78, 5) is 13.4. The standard InChI is InChI=1S/C14H19FN2O3S/c1-10-3-4-11(7-13(10)15)8-16-14(18)17(2)12-5-6-21(19,20)9-12/h3-4,7,12H,5-6,8-9H2,1-2H3,(H,16,18). The van der Waals surface area contributed by atoms with E-state index >= 15 is 0 Å². The number of sulfone groups is 1. The lowest BCUT2D eigenvalue weighted by Crippen LogP contribution is -2.43. The molecule has 1 aliphatic heterocycles. The average molecular weight is 314 g/mol. The smallest absolute Gasteiger partial charge is 0.317 e. The number of carbonyl (C=O) groups excluding carboxylic acids is 1. The Kier molecular flexibility index (Phi) is 4.51. The molecule has 2 rings (SSSR count). The molecule has 1 heterocycles. The van der Waals surface area contributed by atoms with Crippen LogP contribution in [0.2, 0.25) is 0 Å². The Morgan fingerprint density at radius 1 is 1.48 bits per heavy atom. The number of rotatable bonds is 3. The van der Waals surface area contributed by atoms with Crippen molar-refractivity contribution >= 4 is 15.9 Å². The van der Waals surface area contributed by atoms with Crippen LogP contribution in [-0.4, -0.2) is 43.9 Å². The van der Waals surface area contributed by atoms with E-state index in [4.69, 9.17) is 0 Å². The highest BCUT2D eigenvalue weighted by molar-refractivity contribution is 7.91. The van der Waals surface area contributed by atoms with Gasteiger partial charge in [0.15, 0.2) is 9.84 Å². The van der Waals surface area contributed by atoms with Crippen LogP contribution in [0, 0.1) is 12.7 Å². The summed E-state index contributed by atoms with van der Waals surface area (Å²) in [6, 6.07) is 4.15. The molecule has 1 fully saturated rings. The van der Waals surface area contributed by atoms with Gasteiger partial charge in [-0.2, -0.15) is 0 Å². The van der Waals surface area contributed by atoms with Crippen molar-refractivity contribution in [3.8, 4) is 0 Å². The highest BCUT2D eigenvalue weighted by Crippen LogP contribution is 2.16. The maximum atomic E-state index is 13.4. The molecule has 1 unspecified atom stereocenters. The number of amides is 2. The van der Waals surface area contributed by atoms with Crippen LogP contribution in [0.4, 0.5) is 9.18 Å². The number of hydrogen-bond acceptors (Lipinski definition) is 3. The maximum absolute atomic E-state index is 13.4. The molecular formula is C14H19FN2O3S. The topological polar surface area (TPSA) is 66.5 Å². The van der Waals surface area contributed by atoms with Crippen molar-refractivity contribution in [2.24, 2.45) is 0 Å². The number of urea groups is 1. The van der Waals surface area contributed by atoms with E-state index in [2.05, 4.69) is 5.32 Å². The molecule has 1 N–H and O–H groups in total. The van der Waals surface area contributed by atoms with Gasteiger partial charge in [0.1, 0.15) is 5.82 Å². The average Bonchev–Trinajstić information content (AvgIpc) is 2.79. The molecule has 0 aromatic heterocycles. The Hall–Kier alpha value is -1.63. The van der Waals surface area contributed by atoms with Crippen molar-refractivity contribution in [1.82, 2.24) is 10.2 Å². The van der Waals surface area contributed by atoms with Gasteiger partial charge >= 0.3 is 6.03 Å². The summed E-state index contributed by atoms with van der Waals surface area (Å²) in [6.07, 6.45) is 0.464. The second-order valence-electron chi connectivity index (χ2n) is 5.41. The Bertz CT molecular complexity index is 646. The third-order valence-corrected chi connectivity index (χ3v) is 5.51. The third kappa shape index (κ3) is 3.93. The van der Waals surface area contributed by atoms with Crippen molar-refractivity contribution < 1.29 is 17.6 Å². The molecule has 116 valence electrons. The van der Waals surface area contributed by atoms with E-state index in [1.807, 2.05) is 0 Å². The zero-order chi connectivity index (χ0) is 15.6. The van der Waals surface area contributed by atoms with Gasteiger partial charge in [0.05, 0.1) is 11.5 Å². The second kappa shape index (κ2) is 6.01. The number of hydrogen-bond donors (Lipinski definition) is 1. The van der Waals surface area contributed by atoms with Crippen LogP contribution in [0.1, 0.15) is 17.5 Å². The number of nitrogens with zero attached hydrogens (tertiary/aromatic N) is 1. The monoisotopic (exact) mass is 314 g/mol. The molecule has 2 amide bonds. The first-order valence-electron chi connectivity index (χ1n) is 6.74. The summed E-state index contributed by atoms with van der Waals surface area (Å²) >= 11 is 0. The van der Waals surface area contributed by atoms with E-state index in [9.17, 15) is 17.6 Å². The molecule has 0 bridgehead atoms. The number of aryl methyl sites for hydroxylation is 1. The van der Waals surface area contributed by atoms with Gasteiger partial charge in [0.2, 0.25) is 0 Å². The van der Waals surface area contributed by atoms with E-state index in [-0.39, 0.29) is 35.9 Å². The van der Waals surface area contributed by atoms with Crippen LogP contribution in [0.15, 0.2) is 18.2 Å². The first-order chi connectivity index (χ1) is 9.78. The molecule has 5 nitrogen and oxygen atoms in total. The molecule has 0 aliphatic carbocycles. The van der Waals surface area contributed by atoms with Crippen LogP contribution in [0.25, 0.3) is 0 Å². The van der Waals surface area contributed by atoms with Crippen molar-refractivity contribution in [3.05, 3.63) is 35.1 Å².